The predicted octanol–water partition coefficient (Wildman–Crippen LogP) is 3.32. The Labute approximate surface area is 121 Å². The van der Waals surface area contributed by atoms with Gasteiger partial charge in [0, 0.05) is 36.4 Å². The van der Waals surface area contributed by atoms with Crippen molar-refractivity contribution in [1.82, 2.24) is 9.88 Å². The summed E-state index contributed by atoms with van der Waals surface area (Å²) in [4.78, 5) is 0. The lowest BCUT2D eigenvalue weighted by atomic mass is 9.93. The van der Waals surface area contributed by atoms with E-state index in [-0.39, 0.29) is 0 Å². The average Bonchev–Trinajstić information content (AvgIpc) is 2.74. The summed E-state index contributed by atoms with van der Waals surface area (Å²) < 4.78 is 2.44. The van der Waals surface area contributed by atoms with Gasteiger partial charge in [0.1, 0.15) is 0 Å². The first kappa shape index (κ1) is 13.7. The van der Waals surface area contributed by atoms with Crippen LogP contribution in [-0.2, 0) is 13.1 Å². The summed E-state index contributed by atoms with van der Waals surface area (Å²) in [7, 11) is 0. The zero-order valence-corrected chi connectivity index (χ0v) is 12.5. The molecule has 3 N–H and O–H groups in total. The number of rotatable bonds is 5. The van der Waals surface area contributed by atoms with E-state index >= 15 is 0 Å². The number of hydrogen-bond acceptors (Lipinski definition) is 2. The van der Waals surface area contributed by atoms with Crippen LogP contribution in [0, 0.1) is 0 Å². The molecule has 3 rings (SSSR count). The molecule has 108 valence electrons. The standard InChI is InChI=1S/C17H25N3/c1-12(2)20-16(11-19-15-4-3-5-15)9-14-7-6-13(10-18)8-17(14)20/h6-9,12,15,19H,3-5,10-11,18H2,1-2H3. The van der Waals surface area contributed by atoms with E-state index in [1.54, 1.807) is 0 Å². The molecule has 0 unspecified atom stereocenters. The molecule has 0 radical (unpaired) electrons. The minimum Gasteiger partial charge on any atom is -0.341 e. The molecule has 2 aromatic rings. The van der Waals surface area contributed by atoms with E-state index in [2.05, 4.69) is 48.0 Å². The van der Waals surface area contributed by atoms with E-state index in [0.29, 0.717) is 12.6 Å². The largest absolute Gasteiger partial charge is 0.341 e. The summed E-state index contributed by atoms with van der Waals surface area (Å²) >= 11 is 0. The first-order valence-corrected chi connectivity index (χ1v) is 7.75. The van der Waals surface area contributed by atoms with Crippen molar-refractivity contribution < 1.29 is 0 Å². The monoisotopic (exact) mass is 271 g/mol. The highest BCUT2D eigenvalue weighted by Crippen LogP contribution is 2.26. The molecule has 0 aliphatic heterocycles. The van der Waals surface area contributed by atoms with Crippen LogP contribution < -0.4 is 11.1 Å². The summed E-state index contributed by atoms with van der Waals surface area (Å²) in [6.45, 7) is 6.08. The maximum atomic E-state index is 5.78. The van der Waals surface area contributed by atoms with Crippen molar-refractivity contribution in [3.05, 3.63) is 35.5 Å². The van der Waals surface area contributed by atoms with E-state index < -0.39 is 0 Å². The molecule has 3 nitrogen and oxygen atoms in total. The lowest BCUT2D eigenvalue weighted by Gasteiger charge is -2.27. The Balaban J connectivity index is 1.94. The highest BCUT2D eigenvalue weighted by molar-refractivity contribution is 5.82. The maximum Gasteiger partial charge on any atom is 0.0488 e. The van der Waals surface area contributed by atoms with Crippen LogP contribution in [0.15, 0.2) is 24.3 Å². The van der Waals surface area contributed by atoms with Crippen LogP contribution in [0.4, 0.5) is 0 Å². The second-order valence-electron chi connectivity index (χ2n) is 6.21. The Morgan fingerprint density at radius 1 is 1.30 bits per heavy atom. The van der Waals surface area contributed by atoms with Gasteiger partial charge in [-0.25, -0.2) is 0 Å². The van der Waals surface area contributed by atoms with Crippen molar-refractivity contribution in [2.75, 3.05) is 0 Å². The van der Waals surface area contributed by atoms with Crippen LogP contribution in [0.25, 0.3) is 10.9 Å². The van der Waals surface area contributed by atoms with Crippen molar-refractivity contribution in [2.24, 2.45) is 5.73 Å². The Morgan fingerprint density at radius 2 is 2.10 bits per heavy atom. The van der Waals surface area contributed by atoms with E-state index in [1.165, 1.54) is 41.4 Å². The molecule has 1 fully saturated rings. The molecule has 0 bridgehead atoms. The fourth-order valence-corrected chi connectivity index (χ4v) is 3.06. The smallest absolute Gasteiger partial charge is 0.0488 e. The average molecular weight is 271 g/mol. The van der Waals surface area contributed by atoms with Gasteiger partial charge in [0.25, 0.3) is 0 Å². The molecule has 0 saturated heterocycles. The van der Waals surface area contributed by atoms with Gasteiger partial charge >= 0.3 is 0 Å². The zero-order valence-electron chi connectivity index (χ0n) is 12.5. The molecule has 1 saturated carbocycles. The van der Waals surface area contributed by atoms with Crippen LogP contribution >= 0.6 is 0 Å². The molecule has 0 spiro atoms. The van der Waals surface area contributed by atoms with Gasteiger partial charge in [-0.05, 0) is 49.8 Å². The quantitative estimate of drug-likeness (QED) is 0.876. The maximum absolute atomic E-state index is 5.78. The molecule has 1 heterocycles. The third-order valence-electron chi connectivity index (χ3n) is 4.42. The van der Waals surface area contributed by atoms with E-state index in [0.717, 1.165) is 12.6 Å². The third-order valence-corrected chi connectivity index (χ3v) is 4.42. The van der Waals surface area contributed by atoms with Crippen LogP contribution in [0.3, 0.4) is 0 Å². The number of fused-ring (bicyclic) bond motifs is 1. The van der Waals surface area contributed by atoms with Crippen molar-refractivity contribution in [1.29, 1.82) is 0 Å². The Morgan fingerprint density at radius 3 is 2.70 bits per heavy atom. The number of aromatic nitrogens is 1. The van der Waals surface area contributed by atoms with Crippen molar-refractivity contribution in [3.63, 3.8) is 0 Å². The van der Waals surface area contributed by atoms with Gasteiger partial charge in [0.15, 0.2) is 0 Å². The molecular formula is C17H25N3. The minimum atomic E-state index is 0.471. The van der Waals surface area contributed by atoms with Gasteiger partial charge < -0.3 is 15.6 Å². The van der Waals surface area contributed by atoms with Crippen molar-refractivity contribution in [3.8, 4) is 0 Å². The molecule has 1 aromatic carbocycles. The van der Waals surface area contributed by atoms with Gasteiger partial charge in [-0.1, -0.05) is 18.6 Å². The second kappa shape index (κ2) is 5.58. The molecule has 20 heavy (non-hydrogen) atoms. The third kappa shape index (κ3) is 2.48. The molecule has 0 atom stereocenters. The molecule has 1 aromatic heterocycles. The fourth-order valence-electron chi connectivity index (χ4n) is 3.06. The van der Waals surface area contributed by atoms with Gasteiger partial charge in [-0.15, -0.1) is 0 Å². The van der Waals surface area contributed by atoms with Crippen molar-refractivity contribution >= 4 is 10.9 Å². The lowest BCUT2D eigenvalue weighted by Crippen LogP contribution is -2.35. The minimum absolute atomic E-state index is 0.471. The van der Waals surface area contributed by atoms with E-state index in [1.807, 2.05) is 0 Å². The van der Waals surface area contributed by atoms with Gasteiger partial charge in [0.05, 0.1) is 0 Å². The number of benzene rings is 1. The summed E-state index contributed by atoms with van der Waals surface area (Å²) in [5.74, 6) is 0. The topological polar surface area (TPSA) is 43.0 Å². The molecule has 1 aliphatic rings. The summed E-state index contributed by atoms with van der Waals surface area (Å²) in [5, 5.41) is 5.00. The molecule has 0 amide bonds. The van der Waals surface area contributed by atoms with Gasteiger partial charge in [0.2, 0.25) is 0 Å². The Kier molecular flexibility index (Phi) is 3.81. The SMILES string of the molecule is CC(C)n1c(CNC2CCC2)cc2ccc(CN)cc21. The lowest BCUT2D eigenvalue weighted by molar-refractivity contribution is 0.334. The number of hydrogen-bond donors (Lipinski definition) is 2. The first-order valence-electron chi connectivity index (χ1n) is 7.75. The fraction of sp³-hybridized carbons (Fsp3) is 0.529. The van der Waals surface area contributed by atoms with Crippen LogP contribution in [0.1, 0.15) is 50.4 Å². The highest BCUT2D eigenvalue weighted by atomic mass is 15.0. The molecule has 1 aliphatic carbocycles. The van der Waals surface area contributed by atoms with Crippen LogP contribution in [0.5, 0.6) is 0 Å². The highest BCUT2D eigenvalue weighted by Gasteiger charge is 2.18. The van der Waals surface area contributed by atoms with Crippen LogP contribution in [0.2, 0.25) is 0 Å². The van der Waals surface area contributed by atoms with Gasteiger partial charge in [-0.2, -0.15) is 0 Å². The normalized spacial score (nSPS) is 16.0. The predicted molar refractivity (Wildman–Crippen MR) is 84.7 cm³/mol. The summed E-state index contributed by atoms with van der Waals surface area (Å²) in [6, 6.07) is 10.1. The summed E-state index contributed by atoms with van der Waals surface area (Å²) in [6.07, 6.45) is 4.04. The Hall–Kier alpha value is -1.32. The number of nitrogens with zero attached hydrogens (tertiary/aromatic N) is 1. The van der Waals surface area contributed by atoms with E-state index in [9.17, 15) is 0 Å². The Bertz CT molecular complexity index is 594. The van der Waals surface area contributed by atoms with Gasteiger partial charge in [-0.3, -0.25) is 0 Å². The van der Waals surface area contributed by atoms with Crippen molar-refractivity contribution in [2.45, 2.75) is 58.3 Å². The van der Waals surface area contributed by atoms with E-state index in [4.69, 9.17) is 5.73 Å². The zero-order chi connectivity index (χ0) is 14.1. The molecule has 3 heteroatoms. The number of nitrogens with one attached hydrogen (secondary N) is 1. The van der Waals surface area contributed by atoms with Crippen LogP contribution in [-0.4, -0.2) is 10.6 Å². The first-order chi connectivity index (χ1) is 9.69. The number of nitrogens with two attached hydrogens (primary N) is 1. The summed E-state index contributed by atoms with van der Waals surface area (Å²) in [5.41, 5.74) is 9.68. The molecular weight excluding hydrogens is 246 g/mol. The second-order valence-corrected chi connectivity index (χ2v) is 6.21.